The lowest BCUT2D eigenvalue weighted by Gasteiger charge is -2.28. The Morgan fingerprint density at radius 2 is 2.19 bits per heavy atom. The second-order valence-corrected chi connectivity index (χ2v) is 5.36. The van der Waals surface area contributed by atoms with Gasteiger partial charge in [-0.3, -0.25) is 10.1 Å². The van der Waals surface area contributed by atoms with Gasteiger partial charge in [0.2, 0.25) is 0 Å². The number of rotatable bonds is 6. The molecule has 0 bridgehead atoms. The average molecular weight is 290 g/mol. The van der Waals surface area contributed by atoms with Gasteiger partial charge in [0, 0.05) is 42.5 Å². The Balaban J connectivity index is 2.37. The second kappa shape index (κ2) is 5.95. The third-order valence-corrected chi connectivity index (χ3v) is 3.92. The largest absolute Gasteiger partial charge is 0.478 e. The van der Waals surface area contributed by atoms with Crippen molar-refractivity contribution in [3.63, 3.8) is 0 Å². The van der Waals surface area contributed by atoms with E-state index in [4.69, 9.17) is 5.11 Å². The van der Waals surface area contributed by atoms with E-state index in [1.807, 2.05) is 7.05 Å². The third kappa shape index (κ3) is 3.59. The van der Waals surface area contributed by atoms with Crippen molar-refractivity contribution >= 4 is 23.4 Å². The van der Waals surface area contributed by atoms with E-state index in [1.54, 1.807) is 6.07 Å². The van der Waals surface area contributed by atoms with Gasteiger partial charge < -0.3 is 10.0 Å². The van der Waals surface area contributed by atoms with Crippen LogP contribution >= 0.6 is 0 Å². The van der Waals surface area contributed by atoms with Crippen molar-refractivity contribution in [2.45, 2.75) is 25.8 Å². The predicted octanol–water partition coefficient (Wildman–Crippen LogP) is 2.93. The zero-order chi connectivity index (χ0) is 15.6. The molecule has 112 valence electrons. The molecule has 0 heterocycles. The van der Waals surface area contributed by atoms with E-state index in [0.29, 0.717) is 17.5 Å². The van der Waals surface area contributed by atoms with Crippen LogP contribution < -0.4 is 4.90 Å². The molecule has 0 radical (unpaired) electrons. The van der Waals surface area contributed by atoms with Crippen LogP contribution in [0.1, 0.15) is 25.3 Å². The molecule has 1 atom stereocenters. The molecule has 1 aromatic rings. The first kappa shape index (κ1) is 15.0. The molecule has 0 saturated heterocycles. The summed E-state index contributed by atoms with van der Waals surface area (Å²) < 4.78 is 0. The summed E-state index contributed by atoms with van der Waals surface area (Å²) in [7, 11) is 1.93. The smallest absolute Gasteiger partial charge is 0.328 e. The van der Waals surface area contributed by atoms with Gasteiger partial charge in [-0.2, -0.15) is 0 Å². The van der Waals surface area contributed by atoms with Crippen LogP contribution in [0.15, 0.2) is 24.3 Å². The van der Waals surface area contributed by atoms with Crippen molar-refractivity contribution < 1.29 is 14.8 Å². The van der Waals surface area contributed by atoms with Crippen molar-refractivity contribution in [1.29, 1.82) is 0 Å². The Morgan fingerprint density at radius 3 is 2.71 bits per heavy atom. The Morgan fingerprint density at radius 1 is 1.52 bits per heavy atom. The van der Waals surface area contributed by atoms with Crippen molar-refractivity contribution in [2.24, 2.45) is 5.92 Å². The van der Waals surface area contributed by atoms with Crippen LogP contribution in [0.3, 0.4) is 0 Å². The van der Waals surface area contributed by atoms with Crippen LogP contribution in [0.4, 0.5) is 11.4 Å². The summed E-state index contributed by atoms with van der Waals surface area (Å²) in [6.45, 7) is 2.11. The molecule has 1 aliphatic carbocycles. The summed E-state index contributed by atoms with van der Waals surface area (Å²) in [6, 6.07) is 4.86. The van der Waals surface area contributed by atoms with Gasteiger partial charge in [-0.1, -0.05) is 0 Å². The Hall–Kier alpha value is -2.37. The molecular formula is C15H18N2O4. The number of carboxylic acids is 1. The number of hydrogen-bond acceptors (Lipinski definition) is 4. The summed E-state index contributed by atoms with van der Waals surface area (Å²) >= 11 is 0. The molecule has 1 aromatic carbocycles. The summed E-state index contributed by atoms with van der Waals surface area (Å²) in [5.41, 5.74) is 1.30. The number of hydrogen-bond donors (Lipinski definition) is 1. The Labute approximate surface area is 122 Å². The van der Waals surface area contributed by atoms with E-state index in [-0.39, 0.29) is 5.69 Å². The SMILES string of the molecule is CC(C1CC1)N(C)c1ccc([N+](=O)[O-])cc1/C=C/C(=O)O. The molecule has 21 heavy (non-hydrogen) atoms. The first-order chi connectivity index (χ1) is 9.90. The zero-order valence-electron chi connectivity index (χ0n) is 12.0. The summed E-state index contributed by atoms with van der Waals surface area (Å²) in [4.78, 5) is 23.1. The topological polar surface area (TPSA) is 83.7 Å². The molecule has 0 aliphatic heterocycles. The van der Waals surface area contributed by atoms with Crippen LogP contribution in [-0.2, 0) is 4.79 Å². The van der Waals surface area contributed by atoms with Crippen LogP contribution in [0.25, 0.3) is 6.08 Å². The molecule has 6 heteroatoms. The van der Waals surface area contributed by atoms with E-state index in [2.05, 4.69) is 11.8 Å². The first-order valence-electron chi connectivity index (χ1n) is 6.82. The molecule has 1 aliphatic rings. The van der Waals surface area contributed by atoms with E-state index >= 15 is 0 Å². The van der Waals surface area contributed by atoms with Gasteiger partial charge in [-0.25, -0.2) is 4.79 Å². The molecule has 0 spiro atoms. The number of nitro benzene ring substituents is 1. The number of anilines is 1. The minimum Gasteiger partial charge on any atom is -0.478 e. The van der Waals surface area contributed by atoms with E-state index in [0.717, 1.165) is 11.8 Å². The zero-order valence-corrected chi connectivity index (χ0v) is 12.0. The molecule has 1 unspecified atom stereocenters. The minimum atomic E-state index is -1.08. The van der Waals surface area contributed by atoms with Crippen molar-refractivity contribution in [3.8, 4) is 0 Å². The first-order valence-corrected chi connectivity index (χ1v) is 6.82. The maximum absolute atomic E-state index is 10.9. The molecule has 0 amide bonds. The van der Waals surface area contributed by atoms with Gasteiger partial charge in [-0.05, 0) is 37.8 Å². The maximum Gasteiger partial charge on any atom is 0.328 e. The van der Waals surface area contributed by atoms with Crippen LogP contribution in [0.2, 0.25) is 0 Å². The fraction of sp³-hybridized carbons (Fsp3) is 0.400. The number of carbonyl (C=O) groups is 1. The van der Waals surface area contributed by atoms with E-state index in [1.165, 1.54) is 31.1 Å². The highest BCUT2D eigenvalue weighted by molar-refractivity contribution is 5.87. The van der Waals surface area contributed by atoms with Gasteiger partial charge in [0.15, 0.2) is 0 Å². The molecule has 1 fully saturated rings. The minimum absolute atomic E-state index is 0.0451. The van der Waals surface area contributed by atoms with Gasteiger partial charge >= 0.3 is 5.97 Å². The normalized spacial score (nSPS) is 15.9. The Bertz CT molecular complexity index is 593. The molecule has 2 rings (SSSR count). The monoisotopic (exact) mass is 290 g/mol. The van der Waals surface area contributed by atoms with Crippen molar-refractivity contribution in [3.05, 3.63) is 40.0 Å². The number of nitrogens with zero attached hydrogens (tertiary/aromatic N) is 2. The number of benzene rings is 1. The van der Waals surface area contributed by atoms with E-state index in [9.17, 15) is 14.9 Å². The molecule has 1 saturated carbocycles. The fourth-order valence-corrected chi connectivity index (χ4v) is 2.39. The van der Waals surface area contributed by atoms with Crippen LogP contribution in [-0.4, -0.2) is 29.1 Å². The van der Waals surface area contributed by atoms with Crippen molar-refractivity contribution in [1.82, 2.24) is 0 Å². The lowest BCUT2D eigenvalue weighted by Crippen LogP contribution is -2.31. The lowest BCUT2D eigenvalue weighted by molar-refractivity contribution is -0.384. The molecule has 1 N–H and O–H groups in total. The van der Waals surface area contributed by atoms with E-state index < -0.39 is 10.9 Å². The summed E-state index contributed by atoms with van der Waals surface area (Å²) in [6.07, 6.45) is 4.79. The quantitative estimate of drug-likeness (QED) is 0.494. The standard InChI is InChI=1S/C15H18N2O4/c1-10(11-3-4-11)16(2)14-7-6-13(17(20)21)9-12(14)5-8-15(18)19/h5-11H,3-4H2,1-2H3,(H,18,19)/b8-5+. The molecular weight excluding hydrogens is 272 g/mol. The molecule has 6 nitrogen and oxygen atoms in total. The van der Waals surface area contributed by atoms with Gasteiger partial charge in [0.05, 0.1) is 4.92 Å². The van der Waals surface area contributed by atoms with Crippen molar-refractivity contribution in [2.75, 3.05) is 11.9 Å². The number of aliphatic carboxylic acids is 1. The van der Waals surface area contributed by atoms with Gasteiger partial charge in [0.1, 0.15) is 0 Å². The third-order valence-electron chi connectivity index (χ3n) is 3.92. The molecule has 0 aromatic heterocycles. The average Bonchev–Trinajstić information content (AvgIpc) is 3.27. The summed E-state index contributed by atoms with van der Waals surface area (Å²) in [5.74, 6) is -0.438. The van der Waals surface area contributed by atoms with Crippen LogP contribution in [0.5, 0.6) is 0 Å². The lowest BCUT2D eigenvalue weighted by atomic mass is 10.1. The predicted molar refractivity (Wildman–Crippen MR) is 80.4 cm³/mol. The Kier molecular flexibility index (Phi) is 4.26. The fourth-order valence-electron chi connectivity index (χ4n) is 2.39. The van der Waals surface area contributed by atoms with Gasteiger partial charge in [0.25, 0.3) is 5.69 Å². The highest BCUT2D eigenvalue weighted by Crippen LogP contribution is 2.37. The van der Waals surface area contributed by atoms with Gasteiger partial charge in [-0.15, -0.1) is 0 Å². The van der Waals surface area contributed by atoms with Crippen LogP contribution in [0, 0.1) is 16.0 Å². The maximum atomic E-state index is 10.9. The summed E-state index contributed by atoms with van der Waals surface area (Å²) in [5, 5.41) is 19.6. The number of nitro groups is 1. The highest BCUT2D eigenvalue weighted by atomic mass is 16.6. The highest BCUT2D eigenvalue weighted by Gasteiger charge is 2.31. The number of non-ortho nitro benzene ring substituents is 1. The second-order valence-electron chi connectivity index (χ2n) is 5.36. The number of carboxylic acid groups (broad SMARTS) is 1.